The molecule has 172 valence electrons. The molecule has 5 aromatic rings. The second-order valence-corrected chi connectivity index (χ2v) is 8.81. The quantitative estimate of drug-likeness (QED) is 0.378. The van der Waals surface area contributed by atoms with E-state index in [2.05, 4.69) is 62.8 Å². The van der Waals surface area contributed by atoms with E-state index in [1.807, 2.05) is 55.2 Å². The Bertz CT molecular complexity index is 1430. The van der Waals surface area contributed by atoms with Crippen molar-refractivity contribution in [3.63, 3.8) is 0 Å². The minimum atomic E-state index is 0.521. The van der Waals surface area contributed by atoms with E-state index in [0.717, 1.165) is 41.8 Å². The molecule has 0 fully saturated rings. The van der Waals surface area contributed by atoms with Crippen molar-refractivity contribution in [1.82, 2.24) is 34.9 Å². The Kier molecular flexibility index (Phi) is 5.81. The second kappa shape index (κ2) is 9.07. The van der Waals surface area contributed by atoms with Crippen molar-refractivity contribution in [3.8, 4) is 17.1 Å². The zero-order chi connectivity index (χ0) is 23.7. The van der Waals surface area contributed by atoms with E-state index in [1.165, 1.54) is 16.5 Å². The predicted molar refractivity (Wildman–Crippen MR) is 134 cm³/mol. The smallest absolute Gasteiger partial charge is 0.207 e. The van der Waals surface area contributed by atoms with Crippen LogP contribution in [0, 0.1) is 6.92 Å². The van der Waals surface area contributed by atoms with Crippen LogP contribution in [0.2, 0.25) is 0 Å². The van der Waals surface area contributed by atoms with Crippen LogP contribution in [0.15, 0.2) is 66.9 Å². The number of hydrogen-bond acceptors (Lipinski definition) is 6. The first-order chi connectivity index (χ1) is 16.5. The third kappa shape index (κ3) is 4.53. The molecule has 0 aliphatic rings. The number of nitrogen functional groups attached to an aromatic ring is 1. The van der Waals surface area contributed by atoms with E-state index in [1.54, 1.807) is 4.80 Å². The fourth-order valence-electron chi connectivity index (χ4n) is 4.14. The highest BCUT2D eigenvalue weighted by molar-refractivity contribution is 5.79. The number of tetrazole rings is 1. The number of rotatable bonds is 7. The number of fused-ring (bicyclic) bond motifs is 1. The maximum atomic E-state index is 6.13. The Morgan fingerprint density at radius 2 is 1.76 bits per heavy atom. The molecule has 0 saturated heterocycles. The van der Waals surface area contributed by atoms with Gasteiger partial charge in [0, 0.05) is 36.8 Å². The van der Waals surface area contributed by atoms with Crippen molar-refractivity contribution in [3.05, 3.63) is 83.6 Å². The summed E-state index contributed by atoms with van der Waals surface area (Å²) in [6.45, 7) is 3.87. The lowest BCUT2D eigenvalue weighted by molar-refractivity contribution is 0.331. The molecular formula is C26H28N8. The molecule has 0 aliphatic heterocycles. The Morgan fingerprint density at radius 1 is 0.971 bits per heavy atom. The van der Waals surface area contributed by atoms with Gasteiger partial charge in [-0.3, -0.25) is 4.68 Å². The number of likely N-dealkylation sites (N-methyl/N-ethyl adjacent to an activating group) is 1. The molecular weight excluding hydrogens is 424 g/mol. The van der Waals surface area contributed by atoms with E-state index in [9.17, 15) is 0 Å². The first-order valence-corrected chi connectivity index (χ1v) is 11.3. The number of anilines is 1. The molecule has 2 N–H and O–H groups in total. The molecule has 2 aromatic heterocycles. The summed E-state index contributed by atoms with van der Waals surface area (Å²) in [5.41, 5.74) is 13.3. The van der Waals surface area contributed by atoms with Crippen LogP contribution in [0.25, 0.3) is 28.0 Å². The Hall–Kier alpha value is -4.04. The highest BCUT2D eigenvalue weighted by Crippen LogP contribution is 2.23. The number of nitrogens with zero attached hydrogens (tertiary/aromatic N) is 7. The first kappa shape index (κ1) is 21.8. The molecule has 34 heavy (non-hydrogen) atoms. The van der Waals surface area contributed by atoms with Gasteiger partial charge < -0.3 is 10.6 Å². The summed E-state index contributed by atoms with van der Waals surface area (Å²) in [6, 6.07) is 20.7. The molecule has 0 saturated carbocycles. The topological polar surface area (TPSA) is 90.7 Å². The maximum Gasteiger partial charge on any atom is 0.207 e. The van der Waals surface area contributed by atoms with Crippen LogP contribution in [-0.2, 0) is 20.0 Å². The van der Waals surface area contributed by atoms with Gasteiger partial charge in [0.1, 0.15) is 0 Å². The van der Waals surface area contributed by atoms with E-state index < -0.39 is 0 Å². The molecule has 0 atom stereocenters. The average Bonchev–Trinajstić information content (AvgIpc) is 3.45. The van der Waals surface area contributed by atoms with Gasteiger partial charge in [-0.2, -0.15) is 5.10 Å². The van der Waals surface area contributed by atoms with Crippen molar-refractivity contribution in [1.29, 1.82) is 0 Å². The monoisotopic (exact) mass is 452 g/mol. The lowest BCUT2D eigenvalue weighted by Crippen LogP contribution is -2.20. The molecule has 0 spiro atoms. The summed E-state index contributed by atoms with van der Waals surface area (Å²) in [7, 11) is 4.12. The van der Waals surface area contributed by atoms with Crippen molar-refractivity contribution in [2.24, 2.45) is 7.05 Å². The summed E-state index contributed by atoms with van der Waals surface area (Å²) in [5, 5.41) is 18.4. The summed E-state index contributed by atoms with van der Waals surface area (Å²) in [5.74, 6) is 0.521. The van der Waals surface area contributed by atoms with Gasteiger partial charge in [-0.1, -0.05) is 24.3 Å². The molecule has 0 radical (unpaired) electrons. The van der Waals surface area contributed by atoms with Crippen molar-refractivity contribution in [2.45, 2.75) is 19.9 Å². The van der Waals surface area contributed by atoms with Gasteiger partial charge in [0.05, 0.1) is 17.4 Å². The second-order valence-electron chi connectivity index (χ2n) is 8.81. The van der Waals surface area contributed by atoms with Gasteiger partial charge in [-0.15, -0.1) is 15.0 Å². The largest absolute Gasteiger partial charge is 0.398 e. The van der Waals surface area contributed by atoms with Crippen LogP contribution >= 0.6 is 0 Å². The molecule has 0 aliphatic carbocycles. The van der Waals surface area contributed by atoms with Gasteiger partial charge in [0.15, 0.2) is 0 Å². The molecule has 2 heterocycles. The Balaban J connectivity index is 1.20. The number of aromatic nitrogens is 6. The summed E-state index contributed by atoms with van der Waals surface area (Å²) < 4.78 is 1.90. The van der Waals surface area contributed by atoms with Crippen molar-refractivity contribution < 1.29 is 0 Å². The van der Waals surface area contributed by atoms with Gasteiger partial charge in [0.2, 0.25) is 5.82 Å². The van der Waals surface area contributed by atoms with Crippen molar-refractivity contribution >= 4 is 16.6 Å². The molecule has 0 amide bonds. The van der Waals surface area contributed by atoms with Gasteiger partial charge in [-0.05, 0) is 78.7 Å². The highest BCUT2D eigenvalue weighted by Gasteiger charge is 2.11. The lowest BCUT2D eigenvalue weighted by atomic mass is 10.1. The van der Waals surface area contributed by atoms with Crippen LogP contribution in [0.5, 0.6) is 0 Å². The highest BCUT2D eigenvalue weighted by atomic mass is 15.6. The summed E-state index contributed by atoms with van der Waals surface area (Å²) >= 11 is 0. The normalized spacial score (nSPS) is 11.5. The number of nitrogens with two attached hydrogens (primary N) is 1. The zero-order valence-electron chi connectivity index (χ0n) is 19.7. The minimum absolute atomic E-state index is 0.521. The molecule has 3 aromatic carbocycles. The molecule has 8 nitrogen and oxygen atoms in total. The minimum Gasteiger partial charge on any atom is -0.398 e. The fourth-order valence-corrected chi connectivity index (χ4v) is 4.14. The number of aryl methyl sites for hydroxylation is 2. The van der Waals surface area contributed by atoms with E-state index in [0.29, 0.717) is 11.5 Å². The van der Waals surface area contributed by atoms with E-state index >= 15 is 0 Å². The first-order valence-electron chi connectivity index (χ1n) is 11.3. The summed E-state index contributed by atoms with van der Waals surface area (Å²) in [6.07, 6.45) is 2.88. The molecule has 8 heteroatoms. The SMILES string of the molecule is Cc1ccc(-c2nnn(-c3ccc(CCN(C)Cc4ccc5c(cnn5C)c4)cc3)n2)c(N)c1. The van der Waals surface area contributed by atoms with Crippen LogP contribution in [0.3, 0.4) is 0 Å². The van der Waals surface area contributed by atoms with Crippen LogP contribution in [0.1, 0.15) is 16.7 Å². The zero-order valence-corrected chi connectivity index (χ0v) is 19.7. The van der Waals surface area contributed by atoms with Crippen LogP contribution in [0.4, 0.5) is 5.69 Å². The molecule has 0 bridgehead atoms. The predicted octanol–water partition coefficient (Wildman–Crippen LogP) is 3.78. The van der Waals surface area contributed by atoms with Crippen LogP contribution < -0.4 is 5.73 Å². The van der Waals surface area contributed by atoms with Gasteiger partial charge in [-0.25, -0.2) is 0 Å². The lowest BCUT2D eigenvalue weighted by Gasteiger charge is -2.17. The van der Waals surface area contributed by atoms with Crippen molar-refractivity contribution in [2.75, 3.05) is 19.3 Å². The van der Waals surface area contributed by atoms with E-state index in [4.69, 9.17) is 5.73 Å². The number of hydrogen-bond donors (Lipinski definition) is 1. The summed E-state index contributed by atoms with van der Waals surface area (Å²) in [4.78, 5) is 3.88. The maximum absolute atomic E-state index is 6.13. The third-order valence-corrected chi connectivity index (χ3v) is 6.07. The van der Waals surface area contributed by atoms with Crippen LogP contribution in [-0.4, -0.2) is 48.5 Å². The average molecular weight is 453 g/mol. The molecule has 5 rings (SSSR count). The number of benzene rings is 3. The Morgan fingerprint density at radius 3 is 2.56 bits per heavy atom. The fraction of sp³-hybridized carbons (Fsp3) is 0.231. The third-order valence-electron chi connectivity index (χ3n) is 6.07. The molecule has 0 unspecified atom stereocenters. The Labute approximate surface area is 198 Å². The van der Waals surface area contributed by atoms with E-state index in [-0.39, 0.29) is 0 Å². The van der Waals surface area contributed by atoms with Gasteiger partial charge in [0.25, 0.3) is 0 Å². The van der Waals surface area contributed by atoms with Gasteiger partial charge >= 0.3 is 0 Å². The standard InChI is InChI=1S/C26H28N8/c1-18-4-10-23(24(27)14-18)26-29-31-34(30-26)22-8-5-19(6-9-22)12-13-32(2)17-20-7-11-25-21(15-20)16-28-33(25)3/h4-11,14-16H,12-13,17,27H2,1-3H3.